The molecule has 0 radical (unpaired) electrons. The van der Waals surface area contributed by atoms with Crippen LogP contribution in [0.25, 0.3) is 0 Å². The maximum Gasteiger partial charge on any atom is 0.253 e. The molecule has 0 spiro atoms. The zero-order valence-corrected chi connectivity index (χ0v) is 44.5. The molecule has 0 aliphatic carbocycles. The van der Waals surface area contributed by atoms with Gasteiger partial charge in [0.25, 0.3) is 23.6 Å². The van der Waals surface area contributed by atoms with E-state index in [0.29, 0.717) is 0 Å². The smallest absolute Gasteiger partial charge is 0.253 e. The second kappa shape index (κ2) is 26.3. The van der Waals surface area contributed by atoms with Crippen molar-refractivity contribution in [2.45, 2.75) is 38.1 Å². The first-order valence-corrected chi connectivity index (χ1v) is 23.8. The Bertz CT molecular complexity index is 1800. The Morgan fingerprint density at radius 2 is 0.750 bits per heavy atom. The highest BCUT2D eigenvalue weighted by atomic mass is 127. The Kier molecular flexibility index (Phi) is 24.3. The Hall–Kier alpha value is -0.680. The summed E-state index contributed by atoms with van der Waals surface area (Å²) in [6.45, 7) is -2.74. The monoisotopic (exact) mass is 1520 g/mol. The Balaban J connectivity index is 2.80. The van der Waals surface area contributed by atoms with Crippen molar-refractivity contribution in [3.05, 3.63) is 43.7 Å². The summed E-state index contributed by atoms with van der Waals surface area (Å²) in [4.78, 5) is 83.0. The molecular formula is C34H42I6N6O14. The van der Waals surface area contributed by atoms with E-state index >= 15 is 0 Å². The number of hydrogen-bond acceptors (Lipinski definition) is 14. The third-order valence-corrected chi connectivity index (χ3v) is 14.7. The molecule has 2 atom stereocenters. The number of nitrogens with one attached hydrogen (secondary N) is 4. The molecule has 12 N–H and O–H groups in total. The number of hydrogen-bond donors (Lipinski definition) is 12. The molecule has 0 aliphatic heterocycles. The number of carbonyl (C=O) groups excluding carboxylic acids is 6. The number of amides is 6. The fourth-order valence-electron chi connectivity index (χ4n) is 5.27. The highest BCUT2D eigenvalue weighted by Gasteiger charge is 2.36. The number of halogens is 6. The van der Waals surface area contributed by atoms with Gasteiger partial charge in [-0.25, -0.2) is 0 Å². The quantitative estimate of drug-likeness (QED) is 0.0672. The van der Waals surface area contributed by atoms with Crippen LogP contribution >= 0.6 is 136 Å². The zero-order valence-electron chi connectivity index (χ0n) is 31.6. The predicted octanol–water partition coefficient (Wildman–Crippen LogP) is -0.948. The van der Waals surface area contributed by atoms with E-state index in [9.17, 15) is 69.6 Å². The van der Waals surface area contributed by atoms with Crippen LogP contribution in [0, 0.1) is 21.4 Å². The standard InChI is InChI=1S/C34H42I6N6O14/c1-13(53)45(29-25(37)19(31(57)41-3-5-47)23(35)21(27(29)39)33(59)43-15(9-49)10-50)7-17(55)18(56)8-46(14(2)54)30-26(38)20(32(58)42-4-6-48)24(36)22(28(30)40)34(60)44-16(11-51)12-52/h15-18,47-52,55-56H,3-12H2,1-2H3,(H,41,57)(H,42,58)(H,43,59)(H,44,60). The Morgan fingerprint density at radius 3 is 0.983 bits per heavy atom. The van der Waals surface area contributed by atoms with E-state index in [1.165, 1.54) is 0 Å². The van der Waals surface area contributed by atoms with Crippen LogP contribution < -0.4 is 31.1 Å². The van der Waals surface area contributed by atoms with Crippen LogP contribution in [0.5, 0.6) is 0 Å². The molecular weight excluding hydrogens is 1480 g/mol. The fraction of sp³-hybridized carbons (Fsp3) is 0.471. The topological polar surface area (TPSA) is 319 Å². The maximum absolute atomic E-state index is 13.6. The molecule has 26 heteroatoms. The third-order valence-electron chi connectivity index (χ3n) is 8.33. The molecule has 20 nitrogen and oxygen atoms in total. The molecule has 0 heterocycles. The van der Waals surface area contributed by atoms with Crippen molar-refractivity contribution < 1.29 is 69.6 Å². The summed E-state index contributed by atoms with van der Waals surface area (Å²) in [6, 6.07) is -2.17. The van der Waals surface area contributed by atoms with E-state index in [1.807, 2.05) is 0 Å². The fourth-order valence-corrected chi connectivity index (χ4v) is 14.7. The van der Waals surface area contributed by atoms with E-state index in [1.54, 1.807) is 136 Å². The summed E-state index contributed by atoms with van der Waals surface area (Å²) in [5.74, 6) is -4.52. The van der Waals surface area contributed by atoms with Crippen molar-refractivity contribution in [1.82, 2.24) is 21.3 Å². The van der Waals surface area contributed by atoms with E-state index in [-0.39, 0.29) is 68.1 Å². The summed E-state index contributed by atoms with van der Waals surface area (Å²) in [6.07, 6.45) is -3.69. The Morgan fingerprint density at radius 1 is 0.483 bits per heavy atom. The molecule has 6 amide bonds. The average molecular weight is 1520 g/mol. The van der Waals surface area contributed by atoms with Gasteiger partial charge in [-0.15, -0.1) is 0 Å². The number of aliphatic hydroxyl groups excluding tert-OH is 8. The molecule has 0 saturated carbocycles. The van der Waals surface area contributed by atoms with E-state index in [4.69, 9.17) is 0 Å². The molecule has 60 heavy (non-hydrogen) atoms. The van der Waals surface area contributed by atoms with Crippen LogP contribution in [-0.4, -0.2) is 166 Å². The van der Waals surface area contributed by atoms with Crippen molar-refractivity contribution in [2.75, 3.05) is 75.6 Å². The minimum atomic E-state index is -1.84. The number of carbonyl (C=O) groups is 6. The minimum absolute atomic E-state index is 0.0254. The van der Waals surface area contributed by atoms with Crippen LogP contribution in [0.2, 0.25) is 0 Å². The molecule has 0 fully saturated rings. The molecule has 0 bridgehead atoms. The van der Waals surface area contributed by atoms with Crippen molar-refractivity contribution in [3.8, 4) is 0 Å². The molecule has 0 aliphatic rings. The highest BCUT2D eigenvalue weighted by molar-refractivity contribution is 14.1. The van der Waals surface area contributed by atoms with Gasteiger partial charge in [-0.3, -0.25) is 28.8 Å². The van der Waals surface area contributed by atoms with Gasteiger partial charge in [0.15, 0.2) is 0 Å². The summed E-state index contributed by atoms with van der Waals surface area (Å²) in [5.41, 5.74) is -0.454. The first-order valence-electron chi connectivity index (χ1n) is 17.4. The summed E-state index contributed by atoms with van der Waals surface area (Å²) >= 11 is 10.7. The molecule has 2 unspecified atom stereocenters. The van der Waals surface area contributed by atoms with Crippen LogP contribution in [0.3, 0.4) is 0 Å². The van der Waals surface area contributed by atoms with Gasteiger partial charge in [0.05, 0.1) is 125 Å². The van der Waals surface area contributed by atoms with Crippen molar-refractivity contribution >= 4 is 182 Å². The lowest BCUT2D eigenvalue weighted by atomic mass is 10.0. The SMILES string of the molecule is CC(=O)N(CC(O)C(O)CN(C(C)=O)c1c(I)c(C(=O)NCCO)c(I)c(C(=O)NC(CO)CO)c1I)c1c(I)c(C(=O)NCCO)c(I)c(C(=O)NC(CO)CO)c1I. The van der Waals surface area contributed by atoms with E-state index < -0.39 is 112 Å². The average Bonchev–Trinajstić information content (AvgIpc) is 3.18. The molecule has 2 rings (SSSR count). The molecule has 334 valence electrons. The first-order chi connectivity index (χ1) is 28.2. The number of nitrogens with zero attached hydrogens (tertiary/aromatic N) is 2. The second-order valence-electron chi connectivity index (χ2n) is 12.5. The largest absolute Gasteiger partial charge is 0.395 e. The van der Waals surface area contributed by atoms with Gasteiger partial charge >= 0.3 is 0 Å². The van der Waals surface area contributed by atoms with Crippen molar-refractivity contribution in [3.63, 3.8) is 0 Å². The lowest BCUT2D eigenvalue weighted by molar-refractivity contribution is -0.118. The van der Waals surface area contributed by atoms with Crippen molar-refractivity contribution in [1.29, 1.82) is 0 Å². The number of benzene rings is 2. The normalized spacial score (nSPS) is 12.2. The number of rotatable bonds is 21. The molecule has 0 aromatic heterocycles. The van der Waals surface area contributed by atoms with Crippen LogP contribution in [-0.2, 0) is 9.59 Å². The van der Waals surface area contributed by atoms with Gasteiger partial charge < -0.3 is 71.9 Å². The predicted molar refractivity (Wildman–Crippen MR) is 267 cm³/mol. The summed E-state index contributed by atoms with van der Waals surface area (Å²) in [5, 5.41) is 90.3. The number of anilines is 2. The summed E-state index contributed by atoms with van der Waals surface area (Å²) < 4.78 is 0.747. The Labute approximate surface area is 425 Å². The lowest BCUT2D eigenvalue weighted by Gasteiger charge is -2.33. The highest BCUT2D eigenvalue weighted by Crippen LogP contribution is 2.40. The van der Waals surface area contributed by atoms with Crippen LogP contribution in [0.4, 0.5) is 11.4 Å². The lowest BCUT2D eigenvalue weighted by Crippen LogP contribution is -2.48. The molecule has 2 aromatic rings. The zero-order chi connectivity index (χ0) is 45.8. The van der Waals surface area contributed by atoms with Gasteiger partial charge in [0.2, 0.25) is 11.8 Å². The second-order valence-corrected chi connectivity index (χ2v) is 19.0. The third kappa shape index (κ3) is 13.7. The van der Waals surface area contributed by atoms with Crippen molar-refractivity contribution in [2.24, 2.45) is 0 Å². The van der Waals surface area contributed by atoms with Gasteiger partial charge in [0, 0.05) is 34.1 Å². The molecule has 0 saturated heterocycles. The first kappa shape index (κ1) is 55.5. The van der Waals surface area contributed by atoms with E-state index in [2.05, 4.69) is 21.3 Å². The summed E-state index contributed by atoms with van der Waals surface area (Å²) in [7, 11) is 0. The van der Waals surface area contributed by atoms with Gasteiger partial charge in [0.1, 0.15) is 0 Å². The van der Waals surface area contributed by atoms with Crippen LogP contribution in [0.1, 0.15) is 55.3 Å². The minimum Gasteiger partial charge on any atom is -0.395 e. The molecule has 2 aromatic carbocycles. The van der Waals surface area contributed by atoms with Gasteiger partial charge in [-0.05, 0) is 136 Å². The number of aliphatic hydroxyl groups is 8. The van der Waals surface area contributed by atoms with Gasteiger partial charge in [-0.2, -0.15) is 0 Å². The maximum atomic E-state index is 13.6. The van der Waals surface area contributed by atoms with Crippen LogP contribution in [0.15, 0.2) is 0 Å². The van der Waals surface area contributed by atoms with E-state index in [0.717, 1.165) is 23.6 Å². The van der Waals surface area contributed by atoms with Gasteiger partial charge in [-0.1, -0.05) is 0 Å².